The number of aliphatic carboxylic acids is 1. The normalized spacial score (nSPS) is 11.9. The molecule has 0 radical (unpaired) electrons. The van der Waals surface area contributed by atoms with Crippen molar-refractivity contribution in [2.45, 2.75) is 32.7 Å². The van der Waals surface area contributed by atoms with E-state index in [9.17, 15) is 14.4 Å². The maximum atomic E-state index is 11.8. The highest BCUT2D eigenvalue weighted by molar-refractivity contribution is 5.94. The van der Waals surface area contributed by atoms with Crippen LogP contribution < -0.4 is 10.7 Å². The van der Waals surface area contributed by atoms with E-state index in [1.165, 1.54) is 6.07 Å². The average Bonchev–Trinajstić information content (AvgIpc) is 2.26. The molecule has 0 aliphatic carbocycles. The monoisotopic (exact) mass is 252 g/mol. The molecular weight excluding hydrogens is 236 g/mol. The van der Waals surface area contributed by atoms with Gasteiger partial charge < -0.3 is 15.4 Å². The van der Waals surface area contributed by atoms with Gasteiger partial charge in [0.25, 0.3) is 5.91 Å². The van der Waals surface area contributed by atoms with E-state index in [1.54, 1.807) is 6.92 Å². The van der Waals surface area contributed by atoms with Crippen molar-refractivity contribution in [1.29, 1.82) is 0 Å². The van der Waals surface area contributed by atoms with E-state index in [-0.39, 0.29) is 11.1 Å². The molecule has 1 amide bonds. The summed E-state index contributed by atoms with van der Waals surface area (Å²) in [7, 11) is 0. The fraction of sp³-hybridized carbons (Fsp3) is 0.417. The Hall–Kier alpha value is -2.11. The standard InChI is InChI=1S/C12H16N2O4/c1-3-4-9(12(17)18)14-11(16)10-6-8(15)5-7(2)13-10/h5-6,9H,3-4H2,1-2H3,(H,13,15)(H,14,16)(H,17,18). The first-order chi connectivity index (χ1) is 8.43. The van der Waals surface area contributed by atoms with Gasteiger partial charge in [0, 0.05) is 17.8 Å². The zero-order chi connectivity index (χ0) is 13.7. The van der Waals surface area contributed by atoms with Crippen molar-refractivity contribution in [2.75, 3.05) is 0 Å². The van der Waals surface area contributed by atoms with Gasteiger partial charge >= 0.3 is 5.97 Å². The van der Waals surface area contributed by atoms with Gasteiger partial charge in [0.15, 0.2) is 5.43 Å². The second-order valence-corrected chi connectivity index (χ2v) is 4.07. The molecule has 0 saturated heterocycles. The summed E-state index contributed by atoms with van der Waals surface area (Å²) in [5, 5.41) is 11.3. The molecule has 6 heteroatoms. The Balaban J connectivity index is 2.86. The van der Waals surface area contributed by atoms with Crippen molar-refractivity contribution in [1.82, 2.24) is 10.3 Å². The number of rotatable bonds is 5. The molecule has 18 heavy (non-hydrogen) atoms. The molecule has 3 N–H and O–H groups in total. The lowest BCUT2D eigenvalue weighted by molar-refractivity contribution is -0.139. The number of aromatic amines is 1. The largest absolute Gasteiger partial charge is 0.480 e. The lowest BCUT2D eigenvalue weighted by Gasteiger charge is -2.13. The number of carboxylic acid groups (broad SMARTS) is 1. The van der Waals surface area contributed by atoms with Gasteiger partial charge in [-0.05, 0) is 13.3 Å². The molecule has 0 aromatic carbocycles. The van der Waals surface area contributed by atoms with Crippen LogP contribution in [-0.2, 0) is 4.79 Å². The Morgan fingerprint density at radius 2 is 2.11 bits per heavy atom. The highest BCUT2D eigenvalue weighted by Gasteiger charge is 2.20. The van der Waals surface area contributed by atoms with Crippen molar-refractivity contribution >= 4 is 11.9 Å². The van der Waals surface area contributed by atoms with Crippen LogP contribution in [0.3, 0.4) is 0 Å². The van der Waals surface area contributed by atoms with Gasteiger partial charge in [0.05, 0.1) is 0 Å². The summed E-state index contributed by atoms with van der Waals surface area (Å²) in [5.74, 6) is -1.67. The highest BCUT2D eigenvalue weighted by Crippen LogP contribution is 2.00. The number of carboxylic acids is 1. The Morgan fingerprint density at radius 1 is 1.44 bits per heavy atom. The van der Waals surface area contributed by atoms with Gasteiger partial charge in [-0.3, -0.25) is 9.59 Å². The summed E-state index contributed by atoms with van der Waals surface area (Å²) < 4.78 is 0. The Labute approximate surface area is 104 Å². The quantitative estimate of drug-likeness (QED) is 0.717. The summed E-state index contributed by atoms with van der Waals surface area (Å²) in [5.41, 5.74) is 0.330. The smallest absolute Gasteiger partial charge is 0.326 e. The van der Waals surface area contributed by atoms with Gasteiger partial charge in [-0.15, -0.1) is 0 Å². The van der Waals surface area contributed by atoms with E-state index in [0.29, 0.717) is 18.5 Å². The van der Waals surface area contributed by atoms with Crippen LogP contribution in [0.1, 0.15) is 35.9 Å². The fourth-order valence-electron chi connectivity index (χ4n) is 1.59. The van der Waals surface area contributed by atoms with Gasteiger partial charge in [-0.25, -0.2) is 4.79 Å². The first-order valence-corrected chi connectivity index (χ1v) is 5.68. The summed E-state index contributed by atoms with van der Waals surface area (Å²) in [6, 6.07) is 1.57. The topological polar surface area (TPSA) is 99.3 Å². The number of hydrogen-bond acceptors (Lipinski definition) is 3. The molecule has 0 saturated carbocycles. The van der Waals surface area contributed by atoms with Crippen LogP contribution in [0.25, 0.3) is 0 Å². The van der Waals surface area contributed by atoms with Gasteiger partial charge in [0.2, 0.25) is 0 Å². The second-order valence-electron chi connectivity index (χ2n) is 4.07. The molecule has 1 aromatic heterocycles. The van der Waals surface area contributed by atoms with Crippen molar-refractivity contribution in [3.63, 3.8) is 0 Å². The second kappa shape index (κ2) is 6.00. The van der Waals surface area contributed by atoms with Crippen molar-refractivity contribution < 1.29 is 14.7 Å². The molecule has 0 aliphatic rings. The number of amides is 1. The van der Waals surface area contributed by atoms with Crippen LogP contribution in [0.4, 0.5) is 0 Å². The molecule has 0 spiro atoms. The molecule has 1 rings (SSSR count). The molecule has 6 nitrogen and oxygen atoms in total. The van der Waals surface area contributed by atoms with Gasteiger partial charge in [-0.1, -0.05) is 13.3 Å². The summed E-state index contributed by atoms with van der Waals surface area (Å²) in [6.45, 7) is 3.48. The number of nitrogens with one attached hydrogen (secondary N) is 2. The van der Waals surface area contributed by atoms with E-state index in [1.807, 2.05) is 6.92 Å². The lowest BCUT2D eigenvalue weighted by Crippen LogP contribution is -2.41. The SMILES string of the molecule is CCCC(NC(=O)c1cc(=O)cc(C)[nH]1)C(=O)O. The van der Waals surface area contributed by atoms with Crippen LogP contribution in [0, 0.1) is 6.92 Å². The minimum Gasteiger partial charge on any atom is -0.480 e. The highest BCUT2D eigenvalue weighted by atomic mass is 16.4. The number of carbonyl (C=O) groups is 2. The van der Waals surface area contributed by atoms with Crippen LogP contribution in [-0.4, -0.2) is 28.0 Å². The van der Waals surface area contributed by atoms with E-state index < -0.39 is 17.9 Å². The number of aromatic nitrogens is 1. The first kappa shape index (κ1) is 14.0. The molecule has 1 heterocycles. The molecule has 1 unspecified atom stereocenters. The maximum Gasteiger partial charge on any atom is 0.326 e. The van der Waals surface area contributed by atoms with Gasteiger partial charge in [-0.2, -0.15) is 0 Å². The molecule has 98 valence electrons. The molecule has 1 aromatic rings. The van der Waals surface area contributed by atoms with Crippen LogP contribution in [0.15, 0.2) is 16.9 Å². The molecule has 0 aliphatic heterocycles. The lowest BCUT2D eigenvalue weighted by atomic mass is 10.1. The predicted octanol–water partition coefficient (Wildman–Crippen LogP) is 0.666. The Morgan fingerprint density at radius 3 is 2.61 bits per heavy atom. The third kappa shape index (κ3) is 3.73. The van der Waals surface area contributed by atoms with E-state index in [4.69, 9.17) is 5.11 Å². The number of carbonyl (C=O) groups excluding carboxylic acids is 1. The van der Waals surface area contributed by atoms with Crippen LogP contribution in [0.2, 0.25) is 0 Å². The number of H-pyrrole nitrogens is 1. The molecule has 1 atom stereocenters. The number of hydrogen-bond donors (Lipinski definition) is 3. The summed E-state index contributed by atoms with van der Waals surface area (Å²) in [6.07, 6.45) is 0.985. The molecule has 0 fully saturated rings. The first-order valence-electron chi connectivity index (χ1n) is 5.68. The van der Waals surface area contributed by atoms with Crippen molar-refractivity contribution in [3.8, 4) is 0 Å². The van der Waals surface area contributed by atoms with Gasteiger partial charge in [0.1, 0.15) is 11.7 Å². The third-order valence-corrected chi connectivity index (χ3v) is 2.40. The fourth-order valence-corrected chi connectivity index (χ4v) is 1.59. The predicted molar refractivity (Wildman–Crippen MR) is 65.6 cm³/mol. The molecular formula is C12H16N2O4. The Bertz CT molecular complexity index is 507. The number of pyridine rings is 1. The minimum atomic E-state index is -1.08. The third-order valence-electron chi connectivity index (χ3n) is 2.40. The Kier molecular flexibility index (Phi) is 4.65. The zero-order valence-corrected chi connectivity index (χ0v) is 10.3. The zero-order valence-electron chi connectivity index (χ0n) is 10.3. The van der Waals surface area contributed by atoms with E-state index >= 15 is 0 Å². The summed E-state index contributed by atoms with van der Waals surface area (Å²) >= 11 is 0. The van der Waals surface area contributed by atoms with E-state index in [0.717, 1.165) is 6.07 Å². The molecule has 0 bridgehead atoms. The maximum absolute atomic E-state index is 11.8. The van der Waals surface area contributed by atoms with Crippen LogP contribution in [0.5, 0.6) is 0 Å². The van der Waals surface area contributed by atoms with Crippen LogP contribution >= 0.6 is 0 Å². The average molecular weight is 252 g/mol. The summed E-state index contributed by atoms with van der Waals surface area (Å²) in [4.78, 5) is 36.7. The number of aryl methyl sites for hydroxylation is 1. The van der Waals surface area contributed by atoms with E-state index in [2.05, 4.69) is 10.3 Å². The van der Waals surface area contributed by atoms with Crippen molar-refractivity contribution in [3.05, 3.63) is 33.7 Å². The van der Waals surface area contributed by atoms with Crippen molar-refractivity contribution in [2.24, 2.45) is 0 Å². The minimum absolute atomic E-state index is 0.0716.